The number of hydrogen-bond donors (Lipinski definition) is 1. The van der Waals surface area contributed by atoms with Crippen LogP contribution in [-0.4, -0.2) is 36.9 Å². The Labute approximate surface area is 191 Å². The molecule has 5 nitrogen and oxygen atoms in total. The van der Waals surface area contributed by atoms with Crippen LogP contribution in [0.4, 0.5) is 14.5 Å². The van der Waals surface area contributed by atoms with Crippen molar-refractivity contribution < 1.29 is 23.1 Å². The van der Waals surface area contributed by atoms with Crippen LogP contribution >= 0.6 is 0 Å². The molecule has 3 aromatic carbocycles. The van der Waals surface area contributed by atoms with Gasteiger partial charge in [-0.1, -0.05) is 12.1 Å². The number of methoxy groups -OCH3 is 1. The highest BCUT2D eigenvalue weighted by molar-refractivity contribution is 6.06. The number of rotatable bonds is 5. The Balaban J connectivity index is 1.56. The summed E-state index contributed by atoms with van der Waals surface area (Å²) in [4.78, 5) is 27.4. The first-order valence-electron chi connectivity index (χ1n) is 10.7. The molecule has 0 unspecified atom stereocenters. The van der Waals surface area contributed by atoms with Gasteiger partial charge in [-0.3, -0.25) is 9.59 Å². The number of ether oxygens (including phenoxy) is 1. The van der Waals surface area contributed by atoms with Crippen LogP contribution < -0.4 is 10.1 Å². The molecule has 4 rings (SSSR count). The van der Waals surface area contributed by atoms with E-state index in [2.05, 4.69) is 5.32 Å². The lowest BCUT2D eigenvalue weighted by Crippen LogP contribution is -2.28. The van der Waals surface area contributed by atoms with Gasteiger partial charge < -0.3 is 15.0 Å². The van der Waals surface area contributed by atoms with Gasteiger partial charge in [0.15, 0.2) is 0 Å². The molecule has 1 fully saturated rings. The molecule has 0 atom stereocenters. The highest BCUT2D eigenvalue weighted by atomic mass is 19.1. The number of benzene rings is 3. The van der Waals surface area contributed by atoms with Crippen LogP contribution in [0.5, 0.6) is 5.75 Å². The van der Waals surface area contributed by atoms with E-state index in [-0.39, 0.29) is 17.0 Å². The average molecular weight is 450 g/mol. The Morgan fingerprint density at radius 1 is 0.939 bits per heavy atom. The van der Waals surface area contributed by atoms with E-state index < -0.39 is 17.5 Å². The van der Waals surface area contributed by atoms with Crippen molar-refractivity contribution in [3.05, 3.63) is 82.9 Å². The highest BCUT2D eigenvalue weighted by Crippen LogP contribution is 2.28. The molecule has 33 heavy (non-hydrogen) atoms. The van der Waals surface area contributed by atoms with Crippen molar-refractivity contribution in [1.82, 2.24) is 4.90 Å². The second kappa shape index (κ2) is 9.40. The van der Waals surface area contributed by atoms with Crippen LogP contribution in [-0.2, 0) is 0 Å². The second-order valence-electron chi connectivity index (χ2n) is 7.97. The quantitative estimate of drug-likeness (QED) is 0.563. The monoisotopic (exact) mass is 450 g/mol. The maximum atomic E-state index is 14.8. The molecule has 170 valence electrons. The van der Waals surface area contributed by atoms with Crippen molar-refractivity contribution in [2.45, 2.75) is 19.8 Å². The van der Waals surface area contributed by atoms with E-state index in [0.29, 0.717) is 28.1 Å². The Morgan fingerprint density at radius 3 is 2.36 bits per heavy atom. The lowest BCUT2D eigenvalue weighted by Gasteiger charge is -2.18. The van der Waals surface area contributed by atoms with Gasteiger partial charge in [-0.2, -0.15) is 0 Å². The topological polar surface area (TPSA) is 58.6 Å². The van der Waals surface area contributed by atoms with Crippen LogP contribution in [0, 0.1) is 18.6 Å². The number of likely N-dealkylation sites (tertiary alicyclic amines) is 1. The number of halogens is 2. The Bertz CT molecular complexity index is 1220. The third-order valence-electron chi connectivity index (χ3n) is 5.91. The van der Waals surface area contributed by atoms with Gasteiger partial charge in [0.05, 0.1) is 12.7 Å². The van der Waals surface area contributed by atoms with Gasteiger partial charge in [0.1, 0.15) is 17.4 Å². The fourth-order valence-corrected chi connectivity index (χ4v) is 4.01. The lowest BCUT2D eigenvalue weighted by molar-refractivity contribution is 0.0791. The van der Waals surface area contributed by atoms with E-state index in [1.807, 2.05) is 0 Å². The summed E-state index contributed by atoms with van der Waals surface area (Å²) in [7, 11) is 1.43. The predicted molar refractivity (Wildman–Crippen MR) is 123 cm³/mol. The first-order chi connectivity index (χ1) is 15.9. The van der Waals surface area contributed by atoms with Crippen LogP contribution in [0.1, 0.15) is 39.1 Å². The fraction of sp³-hybridized carbons (Fsp3) is 0.231. The summed E-state index contributed by atoms with van der Waals surface area (Å²) in [6, 6.07) is 13.3. The van der Waals surface area contributed by atoms with Crippen LogP contribution in [0.15, 0.2) is 54.6 Å². The van der Waals surface area contributed by atoms with Gasteiger partial charge in [-0.05, 0) is 67.3 Å². The third kappa shape index (κ3) is 4.58. The van der Waals surface area contributed by atoms with Gasteiger partial charge in [-0.15, -0.1) is 0 Å². The zero-order valence-corrected chi connectivity index (χ0v) is 18.5. The molecule has 1 saturated heterocycles. The molecule has 1 heterocycles. The summed E-state index contributed by atoms with van der Waals surface area (Å²) in [6.45, 7) is 3.20. The second-order valence-corrected chi connectivity index (χ2v) is 7.97. The minimum atomic E-state index is -0.776. The lowest BCUT2D eigenvalue weighted by atomic mass is 10.0. The van der Waals surface area contributed by atoms with Crippen molar-refractivity contribution in [3.63, 3.8) is 0 Å². The van der Waals surface area contributed by atoms with Gasteiger partial charge in [-0.25, -0.2) is 8.78 Å². The molecule has 1 N–H and O–H groups in total. The maximum Gasteiger partial charge on any atom is 0.258 e. The number of anilines is 1. The number of hydrogen-bond acceptors (Lipinski definition) is 3. The zero-order chi connectivity index (χ0) is 23.5. The molecule has 0 radical (unpaired) electrons. The number of carbonyl (C=O) groups excluding carboxylic acids is 2. The van der Waals surface area contributed by atoms with E-state index in [9.17, 15) is 18.4 Å². The number of nitrogens with zero attached hydrogens (tertiary/aromatic N) is 1. The van der Waals surface area contributed by atoms with E-state index in [1.54, 1.807) is 36.1 Å². The van der Waals surface area contributed by atoms with Crippen molar-refractivity contribution in [3.8, 4) is 16.9 Å². The van der Waals surface area contributed by atoms with Gasteiger partial charge in [0.2, 0.25) is 0 Å². The average Bonchev–Trinajstić information content (AvgIpc) is 3.35. The summed E-state index contributed by atoms with van der Waals surface area (Å²) < 4.78 is 34.1. The fourth-order valence-electron chi connectivity index (χ4n) is 4.01. The SMILES string of the molecule is COc1ccc(-c2ccc(C(=O)Nc3cccc(C(=O)N4CCCC4)c3C)c(F)c2)c(F)c1. The number of nitrogens with one attached hydrogen (secondary N) is 1. The van der Waals surface area contributed by atoms with Crippen molar-refractivity contribution in [2.75, 3.05) is 25.5 Å². The highest BCUT2D eigenvalue weighted by Gasteiger charge is 2.22. The Kier molecular flexibility index (Phi) is 6.40. The maximum absolute atomic E-state index is 14.8. The van der Waals surface area contributed by atoms with Gasteiger partial charge >= 0.3 is 0 Å². The minimum Gasteiger partial charge on any atom is -0.497 e. The molecule has 0 bridgehead atoms. The number of amides is 2. The molecule has 3 aromatic rings. The molecule has 1 aliphatic rings. The van der Waals surface area contributed by atoms with Crippen LogP contribution in [0.3, 0.4) is 0 Å². The normalized spacial score (nSPS) is 13.2. The first-order valence-corrected chi connectivity index (χ1v) is 10.7. The van der Waals surface area contributed by atoms with Crippen LogP contribution in [0.2, 0.25) is 0 Å². The van der Waals surface area contributed by atoms with Crippen LogP contribution in [0.25, 0.3) is 11.1 Å². The molecule has 1 aliphatic heterocycles. The largest absolute Gasteiger partial charge is 0.497 e. The predicted octanol–water partition coefficient (Wildman–Crippen LogP) is 5.44. The number of carbonyl (C=O) groups is 2. The molecule has 0 saturated carbocycles. The van der Waals surface area contributed by atoms with Gasteiger partial charge in [0, 0.05) is 36.0 Å². The molecule has 7 heteroatoms. The summed E-state index contributed by atoms with van der Waals surface area (Å²) in [5.74, 6) is -1.70. The van der Waals surface area contributed by atoms with E-state index >= 15 is 0 Å². The molecular formula is C26H24F2N2O3. The third-order valence-corrected chi connectivity index (χ3v) is 5.91. The van der Waals surface area contributed by atoms with Gasteiger partial charge in [0.25, 0.3) is 11.8 Å². The Hall–Kier alpha value is -3.74. The molecule has 0 aliphatic carbocycles. The molecular weight excluding hydrogens is 426 g/mol. The van der Waals surface area contributed by atoms with Crippen molar-refractivity contribution in [1.29, 1.82) is 0 Å². The van der Waals surface area contributed by atoms with E-state index in [0.717, 1.165) is 32.0 Å². The minimum absolute atomic E-state index is 0.0712. The van der Waals surface area contributed by atoms with E-state index in [1.165, 1.54) is 31.4 Å². The summed E-state index contributed by atoms with van der Waals surface area (Å²) in [5.41, 5.74) is 1.91. The standard InChI is InChI=1S/C26H24F2N2O3/c1-16-19(26(32)30-12-3-4-13-30)6-5-7-24(16)29-25(31)21-10-8-17(14-22(21)27)20-11-9-18(33-2)15-23(20)28/h5-11,14-15H,3-4,12-13H2,1-2H3,(H,29,31). The zero-order valence-electron chi connectivity index (χ0n) is 18.5. The first kappa shape index (κ1) is 22.5. The summed E-state index contributed by atoms with van der Waals surface area (Å²) in [5, 5.41) is 2.70. The molecule has 2 amide bonds. The van der Waals surface area contributed by atoms with Crippen molar-refractivity contribution in [2.24, 2.45) is 0 Å². The van der Waals surface area contributed by atoms with E-state index in [4.69, 9.17) is 4.74 Å². The summed E-state index contributed by atoms with van der Waals surface area (Å²) >= 11 is 0. The molecule has 0 aromatic heterocycles. The Morgan fingerprint density at radius 2 is 1.70 bits per heavy atom. The molecule has 0 spiro atoms. The summed E-state index contributed by atoms with van der Waals surface area (Å²) in [6.07, 6.45) is 1.97. The smallest absolute Gasteiger partial charge is 0.258 e. The van der Waals surface area contributed by atoms with Crippen molar-refractivity contribution >= 4 is 17.5 Å².